The van der Waals surface area contributed by atoms with Gasteiger partial charge in [-0.2, -0.15) is 0 Å². The Hall–Kier alpha value is -0.0700. The summed E-state index contributed by atoms with van der Waals surface area (Å²) in [6.45, 7) is 5.63. The number of fused-ring (bicyclic) bond motifs is 3. The summed E-state index contributed by atoms with van der Waals surface area (Å²) in [5, 5.41) is 0.706. The van der Waals surface area contributed by atoms with Gasteiger partial charge in [-0.25, -0.2) is 4.98 Å². The predicted octanol–water partition coefficient (Wildman–Crippen LogP) is 3.16. The zero-order valence-electron chi connectivity index (χ0n) is 9.43. The Kier molecular flexibility index (Phi) is 5.04. The number of hydrogen-bond acceptors (Lipinski definition) is 5. The van der Waals surface area contributed by atoms with Crippen LogP contribution in [0.3, 0.4) is 0 Å². The molecule has 0 atom stereocenters. The van der Waals surface area contributed by atoms with Gasteiger partial charge >= 0.3 is 0 Å². The first-order valence-corrected chi connectivity index (χ1v) is 6.80. The van der Waals surface area contributed by atoms with E-state index in [9.17, 15) is 0 Å². The second-order valence-electron chi connectivity index (χ2n) is 3.81. The number of nitrogen functional groups attached to an aromatic ring is 1. The molecular weight excluding hydrogens is 297 g/mol. The molecule has 2 N–H and O–H groups in total. The molecule has 3 heterocycles. The average Bonchev–Trinajstić information content (AvgIpc) is 2.72. The van der Waals surface area contributed by atoms with Crippen molar-refractivity contribution in [3.05, 3.63) is 10.4 Å². The SMILES string of the molecule is CCN1CCc2c(sc3nc(N)sc23)C1.Cl.Cl. The lowest BCUT2D eigenvalue weighted by Gasteiger charge is -2.24. The zero-order valence-corrected chi connectivity index (χ0v) is 12.7. The minimum atomic E-state index is 0. The van der Waals surface area contributed by atoms with Gasteiger partial charge < -0.3 is 5.73 Å². The van der Waals surface area contributed by atoms with Crippen LogP contribution in [0.5, 0.6) is 0 Å². The largest absolute Gasteiger partial charge is 0.375 e. The van der Waals surface area contributed by atoms with Gasteiger partial charge in [0.1, 0.15) is 4.83 Å². The molecule has 0 saturated carbocycles. The summed E-state index contributed by atoms with van der Waals surface area (Å²) in [5.41, 5.74) is 7.23. The molecule has 2 aromatic heterocycles. The minimum absolute atomic E-state index is 0. The number of anilines is 1. The normalized spacial score (nSPS) is 15.1. The van der Waals surface area contributed by atoms with Crippen LogP contribution in [-0.4, -0.2) is 23.0 Å². The Morgan fingerprint density at radius 3 is 2.82 bits per heavy atom. The van der Waals surface area contributed by atoms with Crippen molar-refractivity contribution in [3.63, 3.8) is 0 Å². The van der Waals surface area contributed by atoms with Gasteiger partial charge in [0.2, 0.25) is 0 Å². The maximum atomic E-state index is 5.73. The average molecular weight is 312 g/mol. The van der Waals surface area contributed by atoms with E-state index < -0.39 is 0 Å². The fourth-order valence-corrected chi connectivity index (χ4v) is 4.46. The van der Waals surface area contributed by atoms with Crippen molar-refractivity contribution >= 4 is 62.1 Å². The highest BCUT2D eigenvalue weighted by atomic mass is 35.5. The van der Waals surface area contributed by atoms with Crippen LogP contribution in [0, 0.1) is 0 Å². The smallest absolute Gasteiger partial charge is 0.181 e. The van der Waals surface area contributed by atoms with Crippen molar-refractivity contribution in [2.45, 2.75) is 19.9 Å². The molecule has 96 valence electrons. The summed E-state index contributed by atoms with van der Waals surface area (Å²) in [6, 6.07) is 0. The van der Waals surface area contributed by atoms with Gasteiger partial charge in [-0.1, -0.05) is 18.3 Å². The highest BCUT2D eigenvalue weighted by molar-refractivity contribution is 7.29. The van der Waals surface area contributed by atoms with Crippen LogP contribution in [-0.2, 0) is 13.0 Å². The van der Waals surface area contributed by atoms with E-state index in [0.717, 1.165) is 24.3 Å². The van der Waals surface area contributed by atoms with E-state index in [1.807, 2.05) is 11.3 Å². The second-order valence-corrected chi connectivity index (χ2v) is 5.92. The lowest BCUT2D eigenvalue weighted by atomic mass is 10.1. The molecule has 7 heteroatoms. The molecule has 17 heavy (non-hydrogen) atoms. The van der Waals surface area contributed by atoms with E-state index >= 15 is 0 Å². The Bertz CT molecular complexity index is 509. The number of hydrogen-bond donors (Lipinski definition) is 1. The molecule has 0 radical (unpaired) electrons. The maximum Gasteiger partial charge on any atom is 0.181 e. The summed E-state index contributed by atoms with van der Waals surface area (Å²) < 4.78 is 1.34. The quantitative estimate of drug-likeness (QED) is 0.879. The number of nitrogens with zero attached hydrogens (tertiary/aromatic N) is 2. The number of aromatic nitrogens is 1. The van der Waals surface area contributed by atoms with Crippen molar-refractivity contribution in [2.75, 3.05) is 18.8 Å². The summed E-state index contributed by atoms with van der Waals surface area (Å²) >= 11 is 3.46. The van der Waals surface area contributed by atoms with Gasteiger partial charge in [0, 0.05) is 18.0 Å². The molecule has 0 aliphatic carbocycles. The summed E-state index contributed by atoms with van der Waals surface area (Å²) in [7, 11) is 0. The molecule has 0 bridgehead atoms. The standard InChI is InChI=1S/C10H13N3S2.2ClH/c1-2-13-4-3-6-7(5-13)14-9-8(6)15-10(11)12-9;;/h2-5H2,1H3,(H2,11,12);2*1H. The van der Waals surface area contributed by atoms with Crippen LogP contribution in [0.15, 0.2) is 0 Å². The van der Waals surface area contributed by atoms with Gasteiger partial charge in [-0.3, -0.25) is 4.90 Å². The molecule has 1 aliphatic rings. The Labute approximate surface area is 121 Å². The molecule has 0 spiro atoms. The van der Waals surface area contributed by atoms with E-state index in [-0.39, 0.29) is 24.8 Å². The minimum Gasteiger partial charge on any atom is -0.375 e. The maximum absolute atomic E-state index is 5.73. The lowest BCUT2D eigenvalue weighted by molar-refractivity contribution is 0.272. The number of halogens is 2. The topological polar surface area (TPSA) is 42.2 Å². The first kappa shape index (κ1) is 15.0. The van der Waals surface area contributed by atoms with E-state index in [1.165, 1.54) is 21.7 Å². The van der Waals surface area contributed by atoms with Crippen LogP contribution in [0.2, 0.25) is 0 Å². The fourth-order valence-electron chi connectivity index (χ4n) is 2.09. The molecule has 2 aromatic rings. The van der Waals surface area contributed by atoms with Gasteiger partial charge in [-0.05, 0) is 18.5 Å². The molecule has 3 rings (SSSR count). The van der Waals surface area contributed by atoms with Crippen LogP contribution < -0.4 is 5.73 Å². The van der Waals surface area contributed by atoms with Gasteiger partial charge in [0.25, 0.3) is 0 Å². The van der Waals surface area contributed by atoms with Crippen LogP contribution in [0.4, 0.5) is 5.13 Å². The third kappa shape index (κ3) is 2.53. The highest BCUT2D eigenvalue weighted by Gasteiger charge is 2.21. The molecule has 0 saturated heterocycles. The number of rotatable bonds is 1. The number of nitrogens with two attached hydrogens (primary N) is 1. The Morgan fingerprint density at radius 2 is 2.12 bits per heavy atom. The molecule has 0 unspecified atom stereocenters. The molecule has 1 aliphatic heterocycles. The summed E-state index contributed by atoms with van der Waals surface area (Å²) in [5.74, 6) is 0. The number of thiophene rings is 1. The predicted molar refractivity (Wildman–Crippen MR) is 81.1 cm³/mol. The van der Waals surface area contributed by atoms with E-state index in [2.05, 4.69) is 16.8 Å². The van der Waals surface area contributed by atoms with Crippen molar-refractivity contribution in [2.24, 2.45) is 0 Å². The first-order valence-electron chi connectivity index (χ1n) is 5.17. The number of thiazole rings is 1. The van der Waals surface area contributed by atoms with Crippen LogP contribution in [0.25, 0.3) is 9.53 Å². The van der Waals surface area contributed by atoms with Crippen molar-refractivity contribution < 1.29 is 0 Å². The van der Waals surface area contributed by atoms with Gasteiger partial charge in [-0.15, -0.1) is 36.2 Å². The van der Waals surface area contributed by atoms with Crippen molar-refractivity contribution in [3.8, 4) is 0 Å². The third-order valence-corrected chi connectivity index (χ3v) is 5.12. The van der Waals surface area contributed by atoms with Gasteiger partial charge in [0.05, 0.1) is 4.70 Å². The van der Waals surface area contributed by atoms with E-state index in [1.54, 1.807) is 11.3 Å². The summed E-state index contributed by atoms with van der Waals surface area (Å²) in [4.78, 5) is 9.48. The summed E-state index contributed by atoms with van der Waals surface area (Å²) in [6.07, 6.45) is 1.16. The molecule has 0 aromatic carbocycles. The lowest BCUT2D eigenvalue weighted by Crippen LogP contribution is -2.29. The van der Waals surface area contributed by atoms with Crippen LogP contribution >= 0.6 is 47.5 Å². The second kappa shape index (κ2) is 5.71. The third-order valence-electron chi connectivity index (χ3n) is 2.94. The Morgan fingerprint density at radius 1 is 1.35 bits per heavy atom. The molecule has 0 amide bonds. The fraction of sp³-hybridized carbons (Fsp3) is 0.500. The Balaban J connectivity index is 0.000000722. The highest BCUT2D eigenvalue weighted by Crippen LogP contribution is 2.38. The first-order chi connectivity index (χ1) is 7.28. The molecule has 3 nitrogen and oxygen atoms in total. The monoisotopic (exact) mass is 311 g/mol. The van der Waals surface area contributed by atoms with Crippen molar-refractivity contribution in [1.29, 1.82) is 0 Å². The van der Waals surface area contributed by atoms with E-state index in [4.69, 9.17) is 5.73 Å². The number of likely N-dealkylation sites (N-methyl/N-ethyl adjacent to an activating group) is 1. The van der Waals surface area contributed by atoms with Crippen LogP contribution in [0.1, 0.15) is 17.4 Å². The molecular formula is C10H15Cl2N3S2. The molecule has 0 fully saturated rings. The zero-order chi connectivity index (χ0) is 10.4. The van der Waals surface area contributed by atoms with Crippen molar-refractivity contribution in [1.82, 2.24) is 9.88 Å². The van der Waals surface area contributed by atoms with E-state index in [0.29, 0.717) is 5.13 Å². The van der Waals surface area contributed by atoms with Gasteiger partial charge in [0.15, 0.2) is 5.13 Å².